The summed E-state index contributed by atoms with van der Waals surface area (Å²) >= 11 is 0. The molecule has 2 aromatic rings. The molecule has 0 aliphatic rings. The molecule has 4 heteroatoms. The Hall–Kier alpha value is -1.81. The van der Waals surface area contributed by atoms with Gasteiger partial charge in [0.1, 0.15) is 0 Å². The van der Waals surface area contributed by atoms with Gasteiger partial charge in [-0.2, -0.15) is 0 Å². The van der Waals surface area contributed by atoms with E-state index in [-0.39, 0.29) is 6.54 Å². The highest BCUT2D eigenvalue weighted by molar-refractivity contribution is 5.58. The second-order valence-electron chi connectivity index (χ2n) is 2.78. The maximum Gasteiger partial charge on any atom is 0.519 e. The Balaban J connectivity index is 2.56. The first-order valence-corrected chi connectivity index (χ1v) is 4.19. The number of nitrogens with two attached hydrogens (primary N) is 1. The van der Waals surface area contributed by atoms with Gasteiger partial charge >= 0.3 is 5.82 Å². The molecule has 2 rings (SSSR count). The van der Waals surface area contributed by atoms with Gasteiger partial charge in [-0.3, -0.25) is 0 Å². The average molecular weight is 191 g/mol. The van der Waals surface area contributed by atoms with Crippen LogP contribution in [0, 0.1) is 0 Å². The van der Waals surface area contributed by atoms with Crippen LogP contribution < -0.4 is 11.6 Å². The highest BCUT2D eigenvalue weighted by atomic mass is 16.6. The molecule has 0 aliphatic heterocycles. The van der Waals surface area contributed by atoms with Crippen LogP contribution in [-0.2, 0) is 6.54 Å². The van der Waals surface area contributed by atoms with Crippen LogP contribution in [0.1, 0.15) is 5.76 Å². The first-order valence-electron chi connectivity index (χ1n) is 4.19. The largest absolute Gasteiger partial charge is 0.519 e. The molecule has 0 radical (unpaired) electrons. The van der Waals surface area contributed by atoms with Gasteiger partial charge in [-0.15, -0.1) is 0 Å². The zero-order chi connectivity index (χ0) is 9.97. The van der Waals surface area contributed by atoms with E-state index in [0.717, 1.165) is 5.56 Å². The Morgan fingerprint density at radius 3 is 2.50 bits per heavy atom. The van der Waals surface area contributed by atoms with Crippen LogP contribution >= 0.6 is 0 Å². The minimum Gasteiger partial charge on any atom is -0.394 e. The zero-order valence-electron chi connectivity index (χ0n) is 7.40. The molecular formula is C10H9NO3. The van der Waals surface area contributed by atoms with Crippen molar-refractivity contribution in [1.29, 1.82) is 0 Å². The van der Waals surface area contributed by atoms with Crippen molar-refractivity contribution in [1.82, 2.24) is 0 Å². The van der Waals surface area contributed by atoms with Crippen LogP contribution in [0.2, 0.25) is 0 Å². The fourth-order valence-corrected chi connectivity index (χ4v) is 1.25. The maximum absolute atomic E-state index is 10.9. The molecule has 72 valence electrons. The Kier molecular flexibility index (Phi) is 2.20. The number of hydrogen-bond donors (Lipinski definition) is 1. The molecule has 0 unspecified atom stereocenters. The van der Waals surface area contributed by atoms with Crippen LogP contribution in [0.15, 0.2) is 44.0 Å². The van der Waals surface area contributed by atoms with E-state index in [1.54, 1.807) is 0 Å². The molecule has 2 N–H and O–H groups in total. The predicted octanol–water partition coefficient (Wildman–Crippen LogP) is 1.36. The topological polar surface area (TPSA) is 69.4 Å². The quantitative estimate of drug-likeness (QED) is 0.778. The minimum absolute atomic E-state index is 0.149. The molecule has 14 heavy (non-hydrogen) atoms. The SMILES string of the molecule is NCc1oc(=O)oc1-c1ccccc1. The van der Waals surface area contributed by atoms with Crippen molar-refractivity contribution in [2.24, 2.45) is 5.73 Å². The molecule has 1 aromatic heterocycles. The highest BCUT2D eigenvalue weighted by Crippen LogP contribution is 2.21. The summed E-state index contributed by atoms with van der Waals surface area (Å²) in [4.78, 5) is 10.9. The van der Waals surface area contributed by atoms with Gasteiger partial charge in [-0.25, -0.2) is 4.79 Å². The molecule has 0 atom stereocenters. The van der Waals surface area contributed by atoms with Gasteiger partial charge in [0.2, 0.25) is 0 Å². The summed E-state index contributed by atoms with van der Waals surface area (Å²) in [6.07, 6.45) is 0. The van der Waals surface area contributed by atoms with Gasteiger partial charge in [0.05, 0.1) is 6.54 Å². The van der Waals surface area contributed by atoms with E-state index >= 15 is 0 Å². The second kappa shape index (κ2) is 3.51. The number of hydrogen-bond acceptors (Lipinski definition) is 4. The summed E-state index contributed by atoms with van der Waals surface area (Å²) in [5, 5.41) is 0. The smallest absolute Gasteiger partial charge is 0.394 e. The zero-order valence-corrected chi connectivity index (χ0v) is 7.40. The third-order valence-electron chi connectivity index (χ3n) is 1.87. The molecule has 4 nitrogen and oxygen atoms in total. The molecule has 1 aromatic carbocycles. The first kappa shape index (κ1) is 8.77. The summed E-state index contributed by atoms with van der Waals surface area (Å²) in [6, 6.07) is 9.23. The second-order valence-corrected chi connectivity index (χ2v) is 2.78. The van der Waals surface area contributed by atoms with Crippen molar-refractivity contribution in [2.45, 2.75) is 6.54 Å². The molecule has 0 aliphatic carbocycles. The van der Waals surface area contributed by atoms with Crippen molar-refractivity contribution in [3.05, 3.63) is 46.7 Å². The Bertz CT molecular complexity index is 470. The van der Waals surface area contributed by atoms with E-state index in [1.807, 2.05) is 30.3 Å². The van der Waals surface area contributed by atoms with Crippen molar-refractivity contribution >= 4 is 0 Å². The van der Waals surface area contributed by atoms with E-state index in [4.69, 9.17) is 14.6 Å². The average Bonchev–Trinajstić information content (AvgIpc) is 2.61. The van der Waals surface area contributed by atoms with Gasteiger partial charge in [0, 0.05) is 5.56 Å². The molecule has 1 heterocycles. The monoisotopic (exact) mass is 191 g/mol. The summed E-state index contributed by atoms with van der Waals surface area (Å²) in [6.45, 7) is 0.149. The fourth-order valence-electron chi connectivity index (χ4n) is 1.25. The van der Waals surface area contributed by atoms with Crippen molar-refractivity contribution < 1.29 is 8.83 Å². The van der Waals surface area contributed by atoms with Crippen molar-refractivity contribution in [3.63, 3.8) is 0 Å². The maximum atomic E-state index is 10.9. The van der Waals surface area contributed by atoms with Gasteiger partial charge in [0.15, 0.2) is 11.5 Å². The molecular weight excluding hydrogens is 182 g/mol. The lowest BCUT2D eigenvalue weighted by molar-refractivity contribution is 0.376. The molecule has 0 spiro atoms. The fraction of sp³-hybridized carbons (Fsp3) is 0.100. The molecule has 0 saturated heterocycles. The molecule has 0 saturated carbocycles. The first-order chi connectivity index (χ1) is 6.81. The lowest BCUT2D eigenvalue weighted by Gasteiger charge is -1.95. The van der Waals surface area contributed by atoms with Gasteiger partial charge in [0.25, 0.3) is 0 Å². The van der Waals surface area contributed by atoms with Crippen LogP contribution in [-0.4, -0.2) is 0 Å². The van der Waals surface area contributed by atoms with Crippen LogP contribution in [0.3, 0.4) is 0 Å². The lowest BCUT2D eigenvalue weighted by Crippen LogP contribution is -1.96. The third-order valence-corrected chi connectivity index (χ3v) is 1.87. The van der Waals surface area contributed by atoms with E-state index in [9.17, 15) is 4.79 Å². The normalized spacial score (nSPS) is 10.4. The Morgan fingerprint density at radius 2 is 1.86 bits per heavy atom. The highest BCUT2D eigenvalue weighted by Gasteiger charge is 2.12. The van der Waals surface area contributed by atoms with E-state index < -0.39 is 5.82 Å². The molecule has 0 fully saturated rings. The third kappa shape index (κ3) is 1.47. The van der Waals surface area contributed by atoms with Crippen molar-refractivity contribution in [2.75, 3.05) is 0 Å². The van der Waals surface area contributed by atoms with Gasteiger partial charge < -0.3 is 14.6 Å². The van der Waals surface area contributed by atoms with Gasteiger partial charge in [-0.1, -0.05) is 30.3 Å². The Morgan fingerprint density at radius 1 is 1.14 bits per heavy atom. The molecule has 0 amide bonds. The summed E-state index contributed by atoms with van der Waals surface area (Å²) in [7, 11) is 0. The van der Waals surface area contributed by atoms with E-state index in [1.165, 1.54) is 0 Å². The molecule has 0 bridgehead atoms. The summed E-state index contributed by atoms with van der Waals surface area (Å²) in [5.41, 5.74) is 6.20. The number of rotatable bonds is 2. The van der Waals surface area contributed by atoms with Crippen LogP contribution in [0.4, 0.5) is 0 Å². The van der Waals surface area contributed by atoms with E-state index in [0.29, 0.717) is 11.5 Å². The Labute approximate surface area is 80.0 Å². The standard InChI is InChI=1S/C10H9NO3/c11-6-8-9(14-10(12)13-8)7-4-2-1-3-5-7/h1-5H,6,11H2. The number of benzene rings is 1. The summed E-state index contributed by atoms with van der Waals surface area (Å²) in [5.74, 6) is 0.0728. The predicted molar refractivity (Wildman–Crippen MR) is 50.6 cm³/mol. The van der Waals surface area contributed by atoms with Gasteiger partial charge in [-0.05, 0) is 0 Å². The summed E-state index contributed by atoms with van der Waals surface area (Å²) < 4.78 is 9.66. The van der Waals surface area contributed by atoms with Crippen LogP contribution in [0.25, 0.3) is 11.3 Å². The van der Waals surface area contributed by atoms with Crippen LogP contribution in [0.5, 0.6) is 0 Å². The lowest BCUT2D eigenvalue weighted by atomic mass is 10.1. The minimum atomic E-state index is -0.718. The van der Waals surface area contributed by atoms with E-state index in [2.05, 4.69) is 0 Å². The van der Waals surface area contributed by atoms with Crippen molar-refractivity contribution in [3.8, 4) is 11.3 Å².